The van der Waals surface area contributed by atoms with Gasteiger partial charge in [-0.1, -0.05) is 48.7 Å². The number of urea groups is 1. The summed E-state index contributed by atoms with van der Waals surface area (Å²) in [5, 5.41) is 3.01. The molecule has 0 aromatic heterocycles. The third kappa shape index (κ3) is 5.64. The van der Waals surface area contributed by atoms with Crippen LogP contribution in [-0.4, -0.2) is 78.5 Å². The van der Waals surface area contributed by atoms with Crippen molar-refractivity contribution in [1.82, 2.24) is 20.0 Å². The van der Waals surface area contributed by atoms with Gasteiger partial charge in [0, 0.05) is 50.9 Å². The maximum Gasteiger partial charge on any atom is 0.338 e. The first-order valence-electron chi connectivity index (χ1n) is 13.1. The summed E-state index contributed by atoms with van der Waals surface area (Å²) in [6.45, 7) is 11.2. The first-order chi connectivity index (χ1) is 17.4. The van der Waals surface area contributed by atoms with Crippen LogP contribution >= 0.6 is 0 Å². The number of ether oxygens (including phenoxy) is 1. The molecule has 194 valence electrons. The Bertz CT molecular complexity index is 1000. The van der Waals surface area contributed by atoms with Gasteiger partial charge in [0.05, 0.1) is 18.2 Å². The summed E-state index contributed by atoms with van der Waals surface area (Å²) in [7, 11) is 0. The van der Waals surface area contributed by atoms with Crippen molar-refractivity contribution in [2.45, 2.75) is 45.6 Å². The minimum atomic E-state index is -0.599. The summed E-state index contributed by atoms with van der Waals surface area (Å²) in [6.07, 6.45) is 5.95. The van der Waals surface area contributed by atoms with Gasteiger partial charge < -0.3 is 15.0 Å². The molecule has 4 rings (SSSR count). The number of hydrogen-bond acceptors (Lipinski definition) is 5. The molecule has 36 heavy (non-hydrogen) atoms. The molecular weight excluding hydrogens is 456 g/mol. The highest BCUT2D eigenvalue weighted by Crippen LogP contribution is 2.33. The van der Waals surface area contributed by atoms with Gasteiger partial charge in [0.1, 0.15) is 0 Å². The summed E-state index contributed by atoms with van der Waals surface area (Å²) in [5.41, 5.74) is 3.02. The van der Waals surface area contributed by atoms with Gasteiger partial charge in [-0.25, -0.2) is 9.59 Å². The third-order valence-electron chi connectivity index (χ3n) is 7.42. The Kier molecular flexibility index (Phi) is 8.46. The highest BCUT2D eigenvalue weighted by atomic mass is 16.5. The standard InChI is InChI=1S/C28H38N4O4/c1-4-14-32-23(19-30-15-17-31(18-16-30)26(33)22-8-6-7-9-22)24(27(34)36-5-2)25(29-28(32)35)21-12-10-20(3)11-13-21/h4,10-13,22,25H,1,5-9,14-19H2,2-3H3,(H,29,35). The van der Waals surface area contributed by atoms with Gasteiger partial charge >= 0.3 is 12.0 Å². The number of benzene rings is 1. The SMILES string of the molecule is C=CCN1C(=O)NC(c2ccc(C)cc2)C(C(=O)OCC)=C1CN1CCN(C(=O)C2CCCC2)CC1. The number of nitrogens with one attached hydrogen (secondary N) is 1. The minimum Gasteiger partial charge on any atom is -0.463 e. The summed E-state index contributed by atoms with van der Waals surface area (Å²) < 4.78 is 5.47. The molecule has 8 heteroatoms. The number of piperazine rings is 1. The fourth-order valence-electron chi connectivity index (χ4n) is 5.42. The van der Waals surface area contributed by atoms with Crippen molar-refractivity contribution in [2.75, 3.05) is 45.9 Å². The maximum absolute atomic E-state index is 13.3. The van der Waals surface area contributed by atoms with Crippen LogP contribution in [0.1, 0.15) is 49.8 Å². The van der Waals surface area contributed by atoms with Gasteiger partial charge in [-0.3, -0.25) is 14.6 Å². The molecule has 1 aromatic rings. The zero-order valence-corrected chi connectivity index (χ0v) is 21.5. The summed E-state index contributed by atoms with van der Waals surface area (Å²) in [5.74, 6) is 0.0283. The second kappa shape index (κ2) is 11.7. The van der Waals surface area contributed by atoms with Crippen LogP contribution in [0.25, 0.3) is 0 Å². The Hall–Kier alpha value is -3.13. The van der Waals surface area contributed by atoms with Crippen LogP contribution < -0.4 is 5.32 Å². The second-order valence-corrected chi connectivity index (χ2v) is 9.86. The van der Waals surface area contributed by atoms with E-state index in [9.17, 15) is 14.4 Å². The molecule has 8 nitrogen and oxygen atoms in total. The van der Waals surface area contributed by atoms with Crippen molar-refractivity contribution in [3.05, 3.63) is 59.3 Å². The number of hydrogen-bond donors (Lipinski definition) is 1. The predicted octanol–water partition coefficient (Wildman–Crippen LogP) is 3.40. The van der Waals surface area contributed by atoms with Crippen LogP contribution in [-0.2, 0) is 14.3 Å². The summed E-state index contributed by atoms with van der Waals surface area (Å²) in [4.78, 5) is 45.2. The lowest BCUT2D eigenvalue weighted by Gasteiger charge is -2.40. The van der Waals surface area contributed by atoms with Crippen molar-refractivity contribution >= 4 is 17.9 Å². The van der Waals surface area contributed by atoms with E-state index < -0.39 is 12.0 Å². The van der Waals surface area contributed by atoms with E-state index in [0.717, 1.165) is 36.8 Å². The third-order valence-corrected chi connectivity index (χ3v) is 7.42. The van der Waals surface area contributed by atoms with E-state index in [1.165, 1.54) is 0 Å². The van der Waals surface area contributed by atoms with Gasteiger partial charge in [0.15, 0.2) is 0 Å². The predicted molar refractivity (Wildman–Crippen MR) is 138 cm³/mol. The van der Waals surface area contributed by atoms with Gasteiger partial charge in [-0.05, 0) is 32.3 Å². The van der Waals surface area contributed by atoms with Gasteiger partial charge in [-0.15, -0.1) is 6.58 Å². The largest absolute Gasteiger partial charge is 0.463 e. The normalized spacial score (nSPS) is 21.5. The van der Waals surface area contributed by atoms with Gasteiger partial charge in [0.25, 0.3) is 0 Å². The highest BCUT2D eigenvalue weighted by molar-refractivity contribution is 5.95. The first-order valence-corrected chi connectivity index (χ1v) is 13.1. The lowest BCUT2D eigenvalue weighted by molar-refractivity contribution is -0.139. The van der Waals surface area contributed by atoms with Crippen LogP contribution in [0.4, 0.5) is 4.79 Å². The number of rotatable bonds is 8. The molecule has 1 saturated heterocycles. The zero-order chi connectivity index (χ0) is 25.7. The topological polar surface area (TPSA) is 82.2 Å². The monoisotopic (exact) mass is 494 g/mol. The highest BCUT2D eigenvalue weighted by Gasteiger charge is 2.39. The first kappa shape index (κ1) is 25.9. The van der Waals surface area contributed by atoms with E-state index in [-0.39, 0.29) is 31.0 Å². The van der Waals surface area contributed by atoms with Crippen LogP contribution in [0.3, 0.4) is 0 Å². The molecule has 3 aliphatic rings. The van der Waals surface area contributed by atoms with Gasteiger partial charge in [0.2, 0.25) is 5.91 Å². The summed E-state index contributed by atoms with van der Waals surface area (Å²) in [6, 6.07) is 6.96. The molecule has 1 N–H and O–H groups in total. The lowest BCUT2D eigenvalue weighted by atomic mass is 9.93. The van der Waals surface area contributed by atoms with Crippen molar-refractivity contribution in [3.63, 3.8) is 0 Å². The van der Waals surface area contributed by atoms with Crippen LogP contribution in [0, 0.1) is 12.8 Å². The Labute approximate surface area is 213 Å². The Morgan fingerprint density at radius 2 is 1.78 bits per heavy atom. The van der Waals surface area contributed by atoms with E-state index in [1.54, 1.807) is 17.9 Å². The van der Waals surface area contributed by atoms with E-state index in [4.69, 9.17) is 4.74 Å². The van der Waals surface area contributed by atoms with Gasteiger partial charge in [-0.2, -0.15) is 0 Å². The Morgan fingerprint density at radius 1 is 1.11 bits per heavy atom. The molecule has 0 radical (unpaired) electrons. The van der Waals surface area contributed by atoms with E-state index in [2.05, 4.69) is 16.8 Å². The molecule has 0 bridgehead atoms. The fraction of sp³-hybridized carbons (Fsp3) is 0.536. The molecular formula is C28H38N4O4. The molecule has 1 unspecified atom stereocenters. The lowest BCUT2D eigenvalue weighted by Crippen LogP contribution is -2.54. The van der Waals surface area contributed by atoms with E-state index >= 15 is 0 Å². The quantitative estimate of drug-likeness (QED) is 0.443. The Morgan fingerprint density at radius 3 is 2.39 bits per heavy atom. The number of amides is 3. The van der Waals surface area contributed by atoms with Crippen molar-refractivity contribution in [2.24, 2.45) is 5.92 Å². The number of carbonyl (C=O) groups excluding carboxylic acids is 3. The number of nitrogens with zero attached hydrogens (tertiary/aromatic N) is 3. The van der Waals surface area contributed by atoms with Crippen LogP contribution in [0.2, 0.25) is 0 Å². The molecule has 2 aliphatic heterocycles. The van der Waals surface area contributed by atoms with Crippen molar-refractivity contribution < 1.29 is 19.1 Å². The number of esters is 1. The van der Waals surface area contributed by atoms with Crippen molar-refractivity contribution in [1.29, 1.82) is 0 Å². The number of carbonyl (C=O) groups is 3. The van der Waals surface area contributed by atoms with Crippen LogP contribution in [0.15, 0.2) is 48.2 Å². The number of aryl methyl sites for hydroxylation is 1. The smallest absolute Gasteiger partial charge is 0.338 e. The molecule has 1 atom stereocenters. The van der Waals surface area contributed by atoms with E-state index in [1.807, 2.05) is 36.1 Å². The molecule has 1 aromatic carbocycles. The molecule has 2 fully saturated rings. The van der Waals surface area contributed by atoms with Crippen LogP contribution in [0.5, 0.6) is 0 Å². The average molecular weight is 495 g/mol. The minimum absolute atomic E-state index is 0.176. The molecule has 1 saturated carbocycles. The molecule has 1 aliphatic carbocycles. The molecule has 2 heterocycles. The zero-order valence-electron chi connectivity index (χ0n) is 21.5. The second-order valence-electron chi connectivity index (χ2n) is 9.86. The van der Waals surface area contributed by atoms with Crippen molar-refractivity contribution in [3.8, 4) is 0 Å². The summed E-state index contributed by atoms with van der Waals surface area (Å²) >= 11 is 0. The average Bonchev–Trinajstić information content (AvgIpc) is 3.42. The maximum atomic E-state index is 13.3. The Balaban J connectivity index is 1.61. The molecule has 0 spiro atoms. The molecule has 3 amide bonds. The van der Waals surface area contributed by atoms with E-state index in [0.29, 0.717) is 44.0 Å². The fourth-order valence-corrected chi connectivity index (χ4v) is 5.42.